The van der Waals surface area contributed by atoms with Gasteiger partial charge in [0.2, 0.25) is 11.2 Å². The maximum absolute atomic E-state index is 5.76. The summed E-state index contributed by atoms with van der Waals surface area (Å²) in [7, 11) is 1.48. The van der Waals surface area contributed by atoms with Crippen LogP contribution in [0.3, 0.4) is 0 Å². The molecule has 0 spiro atoms. The van der Waals surface area contributed by atoms with E-state index in [4.69, 9.17) is 16.3 Å². The number of methoxy groups -OCH3 is 1. The van der Waals surface area contributed by atoms with E-state index in [0.717, 1.165) is 26.1 Å². The summed E-state index contributed by atoms with van der Waals surface area (Å²) in [4.78, 5) is 15.9. The van der Waals surface area contributed by atoms with Gasteiger partial charge in [0.1, 0.15) is 0 Å². The molecule has 2 aromatic heterocycles. The van der Waals surface area contributed by atoms with E-state index in [1.54, 1.807) is 6.20 Å². The molecule has 0 aromatic carbocycles. The Morgan fingerprint density at radius 2 is 2.14 bits per heavy atom. The minimum Gasteiger partial charge on any atom is -0.467 e. The van der Waals surface area contributed by atoms with Gasteiger partial charge in [0.15, 0.2) is 0 Å². The lowest BCUT2D eigenvalue weighted by Crippen LogP contribution is -2.18. The Kier molecular flexibility index (Phi) is 6.11. The lowest BCUT2D eigenvalue weighted by molar-refractivity contribution is 0.379. The highest BCUT2D eigenvalue weighted by atomic mass is 35.5. The summed E-state index contributed by atoms with van der Waals surface area (Å²) in [5.41, 5.74) is 1.17. The molecular weight excluding hydrogens is 292 g/mol. The van der Waals surface area contributed by atoms with Crippen molar-refractivity contribution in [2.75, 3.05) is 25.5 Å². The molecule has 2 rings (SSSR count). The van der Waals surface area contributed by atoms with Gasteiger partial charge < -0.3 is 15.4 Å². The van der Waals surface area contributed by atoms with Crippen LogP contribution in [0.5, 0.6) is 6.01 Å². The number of ether oxygens (including phenoxy) is 1. The molecule has 0 unspecified atom stereocenters. The van der Waals surface area contributed by atoms with E-state index in [1.165, 1.54) is 12.7 Å². The number of pyridine rings is 1. The average molecular weight is 309 g/mol. The molecule has 2 N–H and O–H groups in total. The molecule has 0 saturated heterocycles. The fraction of sp³-hybridized carbons (Fsp3) is 0.385. The Balaban J connectivity index is 1.65. The highest BCUT2D eigenvalue weighted by Gasteiger charge is 2.03. The number of anilines is 1. The number of rotatable bonds is 8. The van der Waals surface area contributed by atoms with Gasteiger partial charge in [-0.25, -0.2) is 0 Å². The number of hydrogen-bond donors (Lipinski definition) is 2. The van der Waals surface area contributed by atoms with Crippen LogP contribution in [-0.2, 0) is 6.54 Å². The molecule has 0 aliphatic carbocycles. The lowest BCUT2D eigenvalue weighted by Gasteiger charge is -2.07. The third kappa shape index (κ3) is 5.49. The second-order valence-corrected chi connectivity index (χ2v) is 4.57. The van der Waals surface area contributed by atoms with E-state index in [-0.39, 0.29) is 11.3 Å². The maximum Gasteiger partial charge on any atom is 0.322 e. The zero-order valence-electron chi connectivity index (χ0n) is 11.7. The summed E-state index contributed by atoms with van der Waals surface area (Å²) in [5.74, 6) is 0.416. The van der Waals surface area contributed by atoms with Crippen molar-refractivity contribution in [2.24, 2.45) is 0 Å². The third-order valence-corrected chi connectivity index (χ3v) is 2.80. The van der Waals surface area contributed by atoms with Crippen molar-refractivity contribution in [1.82, 2.24) is 25.3 Å². The SMILES string of the molecule is COc1nc(Cl)nc(NCCCNCc2cccnc2)n1. The van der Waals surface area contributed by atoms with Crippen LogP contribution in [0.2, 0.25) is 5.28 Å². The molecule has 112 valence electrons. The van der Waals surface area contributed by atoms with Gasteiger partial charge in [0.25, 0.3) is 0 Å². The van der Waals surface area contributed by atoms with Crippen LogP contribution < -0.4 is 15.4 Å². The highest BCUT2D eigenvalue weighted by Crippen LogP contribution is 2.10. The minimum atomic E-state index is 0.110. The predicted octanol–water partition coefficient (Wildman–Crippen LogP) is 1.52. The zero-order valence-corrected chi connectivity index (χ0v) is 12.5. The monoisotopic (exact) mass is 308 g/mol. The Morgan fingerprint density at radius 3 is 2.90 bits per heavy atom. The summed E-state index contributed by atoms with van der Waals surface area (Å²) in [6, 6.07) is 4.17. The Labute approximate surface area is 128 Å². The molecule has 0 aliphatic rings. The lowest BCUT2D eigenvalue weighted by atomic mass is 10.3. The van der Waals surface area contributed by atoms with Gasteiger partial charge in [-0.15, -0.1) is 0 Å². The van der Waals surface area contributed by atoms with Crippen molar-refractivity contribution in [3.63, 3.8) is 0 Å². The molecule has 2 aromatic rings. The molecule has 8 heteroatoms. The molecule has 0 bridgehead atoms. The van der Waals surface area contributed by atoms with Crippen molar-refractivity contribution < 1.29 is 4.74 Å². The van der Waals surface area contributed by atoms with Gasteiger partial charge in [-0.1, -0.05) is 6.07 Å². The summed E-state index contributed by atoms with van der Waals surface area (Å²) >= 11 is 5.76. The number of halogens is 1. The van der Waals surface area contributed by atoms with Gasteiger partial charge in [-0.3, -0.25) is 4.98 Å². The fourth-order valence-corrected chi connectivity index (χ4v) is 1.80. The molecule has 2 heterocycles. The number of aromatic nitrogens is 4. The summed E-state index contributed by atoms with van der Waals surface area (Å²) in [6.45, 7) is 2.40. The first kappa shape index (κ1) is 15.4. The minimum absolute atomic E-state index is 0.110. The van der Waals surface area contributed by atoms with Crippen LogP contribution in [0.25, 0.3) is 0 Å². The highest BCUT2D eigenvalue weighted by molar-refractivity contribution is 6.28. The number of nitrogens with zero attached hydrogens (tertiary/aromatic N) is 4. The van der Waals surface area contributed by atoms with Gasteiger partial charge in [-0.05, 0) is 36.2 Å². The molecule has 0 fully saturated rings. The molecule has 0 amide bonds. The number of nitrogens with one attached hydrogen (secondary N) is 2. The second kappa shape index (κ2) is 8.33. The van der Waals surface area contributed by atoms with E-state index >= 15 is 0 Å². The van der Waals surface area contributed by atoms with Crippen molar-refractivity contribution in [3.05, 3.63) is 35.4 Å². The summed E-state index contributed by atoms with van der Waals surface area (Å²) in [5, 5.41) is 6.53. The molecule has 0 aliphatic heterocycles. The van der Waals surface area contributed by atoms with Crippen LogP contribution in [0.15, 0.2) is 24.5 Å². The Morgan fingerprint density at radius 1 is 1.24 bits per heavy atom. The van der Waals surface area contributed by atoms with E-state index < -0.39 is 0 Å². The summed E-state index contributed by atoms with van der Waals surface area (Å²) in [6.07, 6.45) is 4.54. The van der Waals surface area contributed by atoms with Crippen LogP contribution in [0, 0.1) is 0 Å². The van der Waals surface area contributed by atoms with Crippen LogP contribution >= 0.6 is 11.6 Å². The van der Waals surface area contributed by atoms with Gasteiger partial charge in [0.05, 0.1) is 7.11 Å². The molecule has 21 heavy (non-hydrogen) atoms. The van der Waals surface area contributed by atoms with Crippen molar-refractivity contribution in [3.8, 4) is 6.01 Å². The van der Waals surface area contributed by atoms with Crippen LogP contribution in [-0.4, -0.2) is 40.1 Å². The zero-order chi connectivity index (χ0) is 14.9. The molecule has 0 saturated carbocycles. The quantitative estimate of drug-likeness (QED) is 0.715. The molecular formula is C13H17ClN6O. The second-order valence-electron chi connectivity index (χ2n) is 4.23. The maximum atomic E-state index is 5.76. The average Bonchev–Trinajstić information content (AvgIpc) is 2.51. The van der Waals surface area contributed by atoms with E-state index in [0.29, 0.717) is 5.95 Å². The molecule has 7 nitrogen and oxygen atoms in total. The van der Waals surface area contributed by atoms with Crippen molar-refractivity contribution in [1.29, 1.82) is 0 Å². The first-order valence-corrected chi connectivity index (χ1v) is 6.95. The van der Waals surface area contributed by atoms with Gasteiger partial charge >= 0.3 is 6.01 Å². The molecule has 0 atom stereocenters. The Hall–Kier alpha value is -1.99. The van der Waals surface area contributed by atoms with E-state index in [1.807, 2.05) is 18.3 Å². The van der Waals surface area contributed by atoms with Crippen LogP contribution in [0.1, 0.15) is 12.0 Å². The van der Waals surface area contributed by atoms with Crippen molar-refractivity contribution >= 4 is 17.5 Å². The van der Waals surface area contributed by atoms with Crippen molar-refractivity contribution in [2.45, 2.75) is 13.0 Å². The first-order chi connectivity index (χ1) is 10.3. The topological polar surface area (TPSA) is 84.9 Å². The third-order valence-electron chi connectivity index (χ3n) is 2.64. The fourth-order valence-electron chi connectivity index (χ4n) is 1.65. The first-order valence-electron chi connectivity index (χ1n) is 6.57. The normalized spacial score (nSPS) is 10.4. The van der Waals surface area contributed by atoms with Crippen LogP contribution in [0.4, 0.5) is 5.95 Å². The standard InChI is InChI=1S/C13H17ClN6O/c1-21-13-19-11(14)18-12(20-13)17-7-3-6-16-9-10-4-2-5-15-8-10/h2,4-5,8,16H,3,6-7,9H2,1H3,(H,17,18,19,20). The number of hydrogen-bond acceptors (Lipinski definition) is 7. The van der Waals surface area contributed by atoms with Gasteiger partial charge in [-0.2, -0.15) is 15.0 Å². The smallest absolute Gasteiger partial charge is 0.322 e. The van der Waals surface area contributed by atoms with Gasteiger partial charge in [0, 0.05) is 25.5 Å². The Bertz CT molecular complexity index is 554. The van der Waals surface area contributed by atoms with E-state index in [2.05, 4.69) is 30.6 Å². The van der Waals surface area contributed by atoms with E-state index in [9.17, 15) is 0 Å². The predicted molar refractivity (Wildman–Crippen MR) is 80.4 cm³/mol. The molecule has 0 radical (unpaired) electrons. The summed E-state index contributed by atoms with van der Waals surface area (Å²) < 4.78 is 4.92. The largest absolute Gasteiger partial charge is 0.467 e.